The second-order valence-electron chi connectivity index (χ2n) is 6.14. The fraction of sp³-hybridized carbons (Fsp3) is 0.0476. The van der Waals surface area contributed by atoms with Gasteiger partial charge in [-0.25, -0.2) is 0 Å². The molecule has 0 aliphatic heterocycles. The number of alkyl halides is 3. The first-order valence-corrected chi connectivity index (χ1v) is 8.43. The number of hydrogen-bond acceptors (Lipinski definition) is 4. The molecule has 0 aliphatic rings. The number of para-hydroxylation sites is 1. The molecule has 2 aromatic carbocycles. The van der Waals surface area contributed by atoms with Crippen LogP contribution in [-0.4, -0.2) is 5.91 Å². The molecule has 4 rings (SSSR count). The summed E-state index contributed by atoms with van der Waals surface area (Å²) >= 11 is 0. The van der Waals surface area contributed by atoms with Gasteiger partial charge in [-0.15, -0.1) is 0 Å². The normalized spacial score (nSPS) is 11.6. The molecule has 4 aromatic rings. The van der Waals surface area contributed by atoms with E-state index in [0.717, 1.165) is 24.3 Å². The third-order valence-electron chi connectivity index (χ3n) is 4.24. The molecule has 0 radical (unpaired) electrons. The van der Waals surface area contributed by atoms with Crippen LogP contribution in [0.25, 0.3) is 22.5 Å². The Balaban J connectivity index is 1.78. The maximum Gasteiger partial charge on any atom is 0.416 e. The number of nitrogens with one attached hydrogen (secondary N) is 1. The SMILES string of the molecule is O=C(Nc1ccc(C(F)(F)F)cc1)c1c(-c2ccco2)oc2ccccc2c1=O. The Morgan fingerprint density at radius 3 is 2.31 bits per heavy atom. The van der Waals surface area contributed by atoms with Crippen LogP contribution >= 0.6 is 0 Å². The van der Waals surface area contributed by atoms with E-state index >= 15 is 0 Å². The summed E-state index contributed by atoms with van der Waals surface area (Å²) in [6, 6.07) is 13.4. The quantitative estimate of drug-likeness (QED) is 0.506. The molecule has 0 atom stereocenters. The van der Waals surface area contributed by atoms with E-state index in [0.29, 0.717) is 0 Å². The molecule has 0 bridgehead atoms. The minimum Gasteiger partial charge on any atom is -0.461 e. The smallest absolute Gasteiger partial charge is 0.416 e. The molecule has 0 spiro atoms. The second kappa shape index (κ2) is 6.97. The Labute approximate surface area is 161 Å². The molecule has 0 unspecified atom stereocenters. The summed E-state index contributed by atoms with van der Waals surface area (Å²) in [6.45, 7) is 0. The first-order valence-electron chi connectivity index (χ1n) is 8.43. The van der Waals surface area contributed by atoms with Crippen LogP contribution in [0.5, 0.6) is 0 Å². The van der Waals surface area contributed by atoms with E-state index in [9.17, 15) is 22.8 Å². The van der Waals surface area contributed by atoms with Gasteiger partial charge in [0.2, 0.25) is 5.43 Å². The summed E-state index contributed by atoms with van der Waals surface area (Å²) in [5, 5.41) is 2.63. The standard InChI is InChI=1S/C21H12F3NO4/c22-21(23,24)12-7-9-13(10-8-12)25-20(27)17-18(26)14-4-1-2-5-15(14)29-19(17)16-6-3-11-28-16/h1-11H,(H,25,27). The highest BCUT2D eigenvalue weighted by atomic mass is 19.4. The average molecular weight is 399 g/mol. The zero-order chi connectivity index (χ0) is 20.6. The third kappa shape index (κ3) is 3.52. The Hall–Kier alpha value is -3.81. The summed E-state index contributed by atoms with van der Waals surface area (Å²) in [4.78, 5) is 25.8. The van der Waals surface area contributed by atoms with Crippen molar-refractivity contribution in [2.45, 2.75) is 6.18 Å². The summed E-state index contributed by atoms with van der Waals surface area (Å²) in [6.07, 6.45) is -3.13. The van der Waals surface area contributed by atoms with Crippen LogP contribution in [0.15, 0.2) is 80.6 Å². The van der Waals surface area contributed by atoms with E-state index in [2.05, 4.69) is 5.32 Å². The predicted molar refractivity (Wildman–Crippen MR) is 99.6 cm³/mol. The molecule has 5 nitrogen and oxygen atoms in total. The number of benzene rings is 2. The number of rotatable bonds is 3. The molecular formula is C21H12F3NO4. The van der Waals surface area contributed by atoms with E-state index < -0.39 is 23.1 Å². The summed E-state index contributed by atoms with van der Waals surface area (Å²) < 4.78 is 49.1. The molecule has 0 saturated carbocycles. The Morgan fingerprint density at radius 1 is 0.931 bits per heavy atom. The maximum atomic E-state index is 13.0. The molecule has 1 amide bonds. The highest BCUT2D eigenvalue weighted by Gasteiger charge is 2.30. The fourth-order valence-electron chi connectivity index (χ4n) is 2.87. The van der Waals surface area contributed by atoms with Crippen LogP contribution in [0.2, 0.25) is 0 Å². The van der Waals surface area contributed by atoms with Crippen molar-refractivity contribution in [3.63, 3.8) is 0 Å². The number of amides is 1. The summed E-state index contributed by atoms with van der Waals surface area (Å²) in [7, 11) is 0. The van der Waals surface area contributed by atoms with E-state index in [-0.39, 0.29) is 33.7 Å². The first-order chi connectivity index (χ1) is 13.8. The van der Waals surface area contributed by atoms with Gasteiger partial charge >= 0.3 is 6.18 Å². The number of halogens is 3. The number of hydrogen-bond donors (Lipinski definition) is 1. The van der Waals surface area contributed by atoms with Gasteiger partial charge in [0.05, 0.1) is 17.2 Å². The van der Waals surface area contributed by atoms with Gasteiger partial charge in [0.25, 0.3) is 5.91 Å². The fourth-order valence-corrected chi connectivity index (χ4v) is 2.87. The average Bonchev–Trinajstić information content (AvgIpc) is 3.22. The van der Waals surface area contributed by atoms with Crippen molar-refractivity contribution in [2.24, 2.45) is 0 Å². The lowest BCUT2D eigenvalue weighted by molar-refractivity contribution is -0.137. The van der Waals surface area contributed by atoms with Crippen LogP contribution in [-0.2, 0) is 6.18 Å². The lowest BCUT2D eigenvalue weighted by Gasteiger charge is -2.10. The van der Waals surface area contributed by atoms with Crippen molar-refractivity contribution < 1.29 is 26.8 Å². The number of carbonyl (C=O) groups is 1. The Kier molecular flexibility index (Phi) is 4.46. The van der Waals surface area contributed by atoms with E-state index in [4.69, 9.17) is 8.83 Å². The molecule has 2 heterocycles. The predicted octanol–water partition coefficient (Wildman–Crippen LogP) is 5.32. The van der Waals surface area contributed by atoms with Crippen LogP contribution in [0, 0.1) is 0 Å². The van der Waals surface area contributed by atoms with Crippen LogP contribution < -0.4 is 10.7 Å². The van der Waals surface area contributed by atoms with E-state index in [1.54, 1.807) is 24.3 Å². The molecule has 0 aliphatic carbocycles. The zero-order valence-corrected chi connectivity index (χ0v) is 14.6. The van der Waals surface area contributed by atoms with Crippen molar-refractivity contribution in [1.82, 2.24) is 0 Å². The topological polar surface area (TPSA) is 72.5 Å². The molecule has 8 heteroatoms. The maximum absolute atomic E-state index is 13.0. The van der Waals surface area contributed by atoms with Gasteiger partial charge in [-0.3, -0.25) is 9.59 Å². The molecule has 0 fully saturated rings. The van der Waals surface area contributed by atoms with Gasteiger partial charge in [-0.05, 0) is 48.5 Å². The number of furan rings is 1. The Bertz CT molecular complexity index is 1240. The van der Waals surface area contributed by atoms with Crippen molar-refractivity contribution >= 4 is 22.6 Å². The minimum absolute atomic E-state index is 0.0666. The van der Waals surface area contributed by atoms with Gasteiger partial charge in [-0.2, -0.15) is 13.2 Å². The Morgan fingerprint density at radius 2 is 1.66 bits per heavy atom. The highest BCUT2D eigenvalue weighted by molar-refractivity contribution is 6.09. The number of carbonyl (C=O) groups excluding carboxylic acids is 1. The second-order valence-corrected chi connectivity index (χ2v) is 6.14. The highest BCUT2D eigenvalue weighted by Crippen LogP contribution is 2.30. The van der Waals surface area contributed by atoms with Crippen molar-refractivity contribution in [3.8, 4) is 11.5 Å². The van der Waals surface area contributed by atoms with Gasteiger partial charge in [0, 0.05) is 5.69 Å². The number of fused-ring (bicyclic) bond motifs is 1. The van der Waals surface area contributed by atoms with Gasteiger partial charge in [0.15, 0.2) is 11.5 Å². The monoisotopic (exact) mass is 399 g/mol. The summed E-state index contributed by atoms with van der Waals surface area (Å²) in [5.41, 5.74) is -1.37. The molecule has 146 valence electrons. The summed E-state index contributed by atoms with van der Waals surface area (Å²) in [5.74, 6) is -0.718. The molecule has 0 saturated heterocycles. The lowest BCUT2D eigenvalue weighted by atomic mass is 10.1. The largest absolute Gasteiger partial charge is 0.461 e. The molecule has 2 aromatic heterocycles. The van der Waals surface area contributed by atoms with Crippen molar-refractivity contribution in [2.75, 3.05) is 5.32 Å². The molecule has 29 heavy (non-hydrogen) atoms. The van der Waals surface area contributed by atoms with Crippen molar-refractivity contribution in [1.29, 1.82) is 0 Å². The van der Waals surface area contributed by atoms with Gasteiger partial charge in [0.1, 0.15) is 11.1 Å². The first kappa shape index (κ1) is 18.5. The minimum atomic E-state index is -4.49. The van der Waals surface area contributed by atoms with Crippen molar-refractivity contribution in [3.05, 3.63) is 88.3 Å². The third-order valence-corrected chi connectivity index (χ3v) is 4.24. The van der Waals surface area contributed by atoms with Crippen LogP contribution in [0.3, 0.4) is 0 Å². The van der Waals surface area contributed by atoms with E-state index in [1.165, 1.54) is 18.4 Å². The van der Waals surface area contributed by atoms with Crippen LogP contribution in [0.1, 0.15) is 15.9 Å². The molecule has 1 N–H and O–H groups in total. The lowest BCUT2D eigenvalue weighted by Crippen LogP contribution is -2.23. The molecular weight excluding hydrogens is 387 g/mol. The van der Waals surface area contributed by atoms with Crippen LogP contribution in [0.4, 0.5) is 18.9 Å². The van der Waals surface area contributed by atoms with E-state index in [1.807, 2.05) is 0 Å². The van der Waals surface area contributed by atoms with Gasteiger partial charge in [-0.1, -0.05) is 12.1 Å². The zero-order valence-electron chi connectivity index (χ0n) is 14.6. The number of anilines is 1. The van der Waals surface area contributed by atoms with Gasteiger partial charge < -0.3 is 14.2 Å².